The Morgan fingerprint density at radius 3 is 2.55 bits per heavy atom. The van der Waals surface area contributed by atoms with Crippen molar-refractivity contribution in [2.75, 3.05) is 26.0 Å². The molecule has 0 aliphatic heterocycles. The number of nitrogens with zero attached hydrogens (tertiary/aromatic N) is 1. The number of amides is 1. The highest BCUT2D eigenvalue weighted by molar-refractivity contribution is 7.89. The standard InChI is InChI=1S/C14H21N3O4S/c1-4-21-11-6-5-10(16-13(18)14(15)7-8-14)9-12(11)22(19,20)17(2)3/h5-6,9H,4,7-8,15H2,1-3H3,(H,16,18). The Bertz CT molecular complexity index is 681. The van der Waals surface area contributed by atoms with Gasteiger partial charge in [0.1, 0.15) is 10.6 Å². The van der Waals surface area contributed by atoms with Crippen LogP contribution in [0.3, 0.4) is 0 Å². The molecule has 0 heterocycles. The molecule has 1 aromatic carbocycles. The van der Waals surface area contributed by atoms with Gasteiger partial charge in [-0.2, -0.15) is 0 Å². The van der Waals surface area contributed by atoms with Gasteiger partial charge in [-0.25, -0.2) is 12.7 Å². The van der Waals surface area contributed by atoms with E-state index in [0.717, 1.165) is 4.31 Å². The number of sulfonamides is 1. The van der Waals surface area contributed by atoms with Gasteiger partial charge in [0.15, 0.2) is 0 Å². The third kappa shape index (κ3) is 3.23. The molecular weight excluding hydrogens is 306 g/mol. The van der Waals surface area contributed by atoms with Crippen LogP contribution < -0.4 is 15.8 Å². The summed E-state index contributed by atoms with van der Waals surface area (Å²) >= 11 is 0. The van der Waals surface area contributed by atoms with Crippen molar-refractivity contribution in [1.82, 2.24) is 4.31 Å². The fourth-order valence-electron chi connectivity index (χ4n) is 1.88. The minimum atomic E-state index is -3.68. The van der Waals surface area contributed by atoms with Crippen molar-refractivity contribution in [2.45, 2.75) is 30.2 Å². The number of nitrogens with one attached hydrogen (secondary N) is 1. The lowest BCUT2D eigenvalue weighted by molar-refractivity contribution is -0.118. The van der Waals surface area contributed by atoms with Gasteiger partial charge < -0.3 is 15.8 Å². The maximum atomic E-state index is 12.4. The summed E-state index contributed by atoms with van der Waals surface area (Å²) in [6.07, 6.45) is 1.28. The van der Waals surface area contributed by atoms with Crippen LogP contribution in [-0.4, -0.2) is 44.9 Å². The predicted octanol–water partition coefficient (Wildman–Crippen LogP) is 0.765. The van der Waals surface area contributed by atoms with Gasteiger partial charge in [0.2, 0.25) is 15.9 Å². The summed E-state index contributed by atoms with van der Waals surface area (Å²) in [5.74, 6) is -0.0482. The first-order chi connectivity index (χ1) is 10.2. The molecule has 1 saturated carbocycles. The molecule has 22 heavy (non-hydrogen) atoms. The van der Waals surface area contributed by atoms with Gasteiger partial charge >= 0.3 is 0 Å². The Balaban J connectivity index is 2.37. The summed E-state index contributed by atoms with van der Waals surface area (Å²) in [6.45, 7) is 2.11. The molecule has 3 N–H and O–H groups in total. The second-order valence-corrected chi connectivity index (χ2v) is 7.61. The van der Waals surface area contributed by atoms with Crippen LogP contribution in [0.5, 0.6) is 5.75 Å². The molecule has 1 aliphatic rings. The Morgan fingerprint density at radius 1 is 1.41 bits per heavy atom. The van der Waals surface area contributed by atoms with Crippen molar-refractivity contribution < 1.29 is 17.9 Å². The fraction of sp³-hybridized carbons (Fsp3) is 0.500. The van der Waals surface area contributed by atoms with E-state index in [1.807, 2.05) is 0 Å². The van der Waals surface area contributed by atoms with E-state index in [-0.39, 0.29) is 16.6 Å². The summed E-state index contributed by atoms with van der Waals surface area (Å²) in [4.78, 5) is 12.0. The highest BCUT2D eigenvalue weighted by atomic mass is 32.2. The summed E-state index contributed by atoms with van der Waals surface area (Å²) in [5.41, 5.74) is 5.38. The van der Waals surface area contributed by atoms with Crippen molar-refractivity contribution in [2.24, 2.45) is 5.73 Å². The lowest BCUT2D eigenvalue weighted by Gasteiger charge is -2.17. The summed E-state index contributed by atoms with van der Waals surface area (Å²) in [6, 6.07) is 4.53. The monoisotopic (exact) mass is 327 g/mol. The molecule has 1 aromatic rings. The van der Waals surface area contributed by atoms with Gasteiger partial charge in [-0.1, -0.05) is 0 Å². The van der Waals surface area contributed by atoms with Gasteiger partial charge in [-0.3, -0.25) is 4.79 Å². The Labute approximate surface area is 130 Å². The van der Waals surface area contributed by atoms with Crippen molar-refractivity contribution in [3.63, 3.8) is 0 Å². The topological polar surface area (TPSA) is 102 Å². The normalized spacial score (nSPS) is 16.4. The van der Waals surface area contributed by atoms with E-state index >= 15 is 0 Å². The van der Waals surface area contributed by atoms with E-state index in [2.05, 4.69) is 5.32 Å². The van der Waals surface area contributed by atoms with Crippen LogP contribution in [0.1, 0.15) is 19.8 Å². The average Bonchev–Trinajstić information content (AvgIpc) is 3.19. The SMILES string of the molecule is CCOc1ccc(NC(=O)C2(N)CC2)cc1S(=O)(=O)N(C)C. The second kappa shape index (κ2) is 5.86. The molecule has 2 rings (SSSR count). The molecule has 0 spiro atoms. The van der Waals surface area contributed by atoms with Crippen LogP contribution in [0.4, 0.5) is 5.69 Å². The molecule has 7 nitrogen and oxygen atoms in total. The molecule has 1 fully saturated rings. The first-order valence-corrected chi connectivity index (χ1v) is 8.44. The molecule has 0 radical (unpaired) electrons. The largest absolute Gasteiger partial charge is 0.492 e. The number of rotatable bonds is 6. The second-order valence-electron chi connectivity index (χ2n) is 5.49. The molecule has 0 saturated heterocycles. The van der Waals surface area contributed by atoms with Crippen molar-refractivity contribution in [3.8, 4) is 5.75 Å². The quantitative estimate of drug-likeness (QED) is 0.803. The van der Waals surface area contributed by atoms with Gasteiger partial charge in [0.25, 0.3) is 0 Å². The van der Waals surface area contributed by atoms with Crippen molar-refractivity contribution in [1.29, 1.82) is 0 Å². The minimum absolute atomic E-state index is 0.0130. The predicted molar refractivity (Wildman–Crippen MR) is 83.3 cm³/mol. The van der Waals surface area contributed by atoms with E-state index in [1.54, 1.807) is 13.0 Å². The van der Waals surface area contributed by atoms with E-state index in [4.69, 9.17) is 10.5 Å². The number of benzene rings is 1. The highest BCUT2D eigenvalue weighted by Gasteiger charge is 2.46. The van der Waals surface area contributed by atoms with E-state index in [1.165, 1.54) is 26.2 Å². The Morgan fingerprint density at radius 2 is 2.05 bits per heavy atom. The van der Waals surface area contributed by atoms with Crippen molar-refractivity contribution >= 4 is 21.6 Å². The van der Waals surface area contributed by atoms with Gasteiger partial charge in [0.05, 0.1) is 12.1 Å². The average molecular weight is 327 g/mol. The van der Waals surface area contributed by atoms with Crippen LogP contribution in [0, 0.1) is 0 Å². The number of anilines is 1. The number of nitrogens with two attached hydrogens (primary N) is 1. The first-order valence-electron chi connectivity index (χ1n) is 7.00. The number of hydrogen-bond acceptors (Lipinski definition) is 5. The maximum Gasteiger partial charge on any atom is 0.246 e. The first kappa shape index (κ1) is 16.7. The fourth-order valence-corrected chi connectivity index (χ4v) is 2.93. The highest BCUT2D eigenvalue weighted by Crippen LogP contribution is 2.34. The third-order valence-corrected chi connectivity index (χ3v) is 5.34. The van der Waals surface area contributed by atoms with Crippen LogP contribution >= 0.6 is 0 Å². The van der Waals surface area contributed by atoms with Gasteiger partial charge in [0, 0.05) is 19.8 Å². The van der Waals surface area contributed by atoms with E-state index < -0.39 is 15.6 Å². The van der Waals surface area contributed by atoms with Crippen LogP contribution in [-0.2, 0) is 14.8 Å². The summed E-state index contributed by atoms with van der Waals surface area (Å²) in [5, 5.41) is 2.66. The van der Waals surface area contributed by atoms with Crippen LogP contribution in [0.15, 0.2) is 23.1 Å². The molecule has 1 aliphatic carbocycles. The lowest BCUT2D eigenvalue weighted by atomic mass is 10.2. The van der Waals surface area contributed by atoms with E-state index in [0.29, 0.717) is 25.1 Å². The molecule has 0 aromatic heterocycles. The zero-order valence-corrected chi connectivity index (χ0v) is 13.7. The van der Waals surface area contributed by atoms with Gasteiger partial charge in [-0.05, 0) is 38.0 Å². The summed E-state index contributed by atoms with van der Waals surface area (Å²) in [7, 11) is -0.802. The smallest absolute Gasteiger partial charge is 0.246 e. The molecular formula is C14H21N3O4S. The zero-order chi connectivity index (χ0) is 16.5. The Hall–Kier alpha value is -1.64. The molecule has 0 unspecified atom stereocenters. The lowest BCUT2D eigenvalue weighted by Crippen LogP contribution is -2.37. The molecule has 0 atom stereocenters. The van der Waals surface area contributed by atoms with E-state index in [9.17, 15) is 13.2 Å². The molecule has 0 bridgehead atoms. The number of carbonyl (C=O) groups excluding carboxylic acids is 1. The minimum Gasteiger partial charge on any atom is -0.492 e. The molecule has 1 amide bonds. The van der Waals surface area contributed by atoms with Crippen LogP contribution in [0.2, 0.25) is 0 Å². The summed E-state index contributed by atoms with van der Waals surface area (Å²) < 4.78 is 31.2. The number of ether oxygens (including phenoxy) is 1. The number of hydrogen-bond donors (Lipinski definition) is 2. The Kier molecular flexibility index (Phi) is 4.46. The number of carbonyl (C=O) groups is 1. The molecule has 8 heteroatoms. The van der Waals surface area contributed by atoms with Gasteiger partial charge in [-0.15, -0.1) is 0 Å². The third-order valence-electron chi connectivity index (χ3n) is 3.50. The maximum absolute atomic E-state index is 12.4. The zero-order valence-electron chi connectivity index (χ0n) is 12.9. The van der Waals surface area contributed by atoms with Crippen LogP contribution in [0.25, 0.3) is 0 Å². The molecule has 122 valence electrons. The van der Waals surface area contributed by atoms with Crippen molar-refractivity contribution in [3.05, 3.63) is 18.2 Å².